The third kappa shape index (κ3) is 3.11. The summed E-state index contributed by atoms with van der Waals surface area (Å²) >= 11 is 12.3. The van der Waals surface area contributed by atoms with E-state index in [0.29, 0.717) is 11.3 Å². The molecule has 0 aliphatic rings. The van der Waals surface area contributed by atoms with Gasteiger partial charge < -0.3 is 10.3 Å². The fraction of sp³-hybridized carbons (Fsp3) is 0. The van der Waals surface area contributed by atoms with Crippen LogP contribution in [-0.4, -0.2) is 35.9 Å². The van der Waals surface area contributed by atoms with Gasteiger partial charge in [0.25, 0.3) is 11.6 Å². The molecule has 0 unspecified atom stereocenters. The van der Waals surface area contributed by atoms with Crippen LogP contribution in [0, 0.1) is 0 Å². The average molecular weight is 406 g/mol. The van der Waals surface area contributed by atoms with Crippen molar-refractivity contribution in [3.05, 3.63) is 52.7 Å². The summed E-state index contributed by atoms with van der Waals surface area (Å²) < 4.78 is 10.8. The molecule has 0 bridgehead atoms. The van der Waals surface area contributed by atoms with Gasteiger partial charge >= 0.3 is 0 Å². The molecular weight excluding hydrogens is 397 g/mol. The number of benzene rings is 1. The Morgan fingerprint density at radius 2 is 2.00 bits per heavy atom. The van der Waals surface area contributed by atoms with Crippen molar-refractivity contribution in [3.8, 4) is 16.9 Å². The number of nitrogens with one attached hydrogen (secondary N) is 1. The number of carbonyl (C=O) groups excluding carboxylic acids is 1. The summed E-state index contributed by atoms with van der Waals surface area (Å²) in [6.07, 6.45) is 4.11. The molecule has 0 atom stereocenters. The monoisotopic (exact) mass is 405 g/mol. The van der Waals surface area contributed by atoms with E-state index in [-0.39, 0.29) is 32.9 Å². The Labute approximate surface area is 160 Å². The third-order valence-electron chi connectivity index (χ3n) is 3.47. The van der Waals surface area contributed by atoms with Gasteiger partial charge in [-0.3, -0.25) is 14.4 Å². The molecule has 27 heavy (non-hydrogen) atoms. The van der Waals surface area contributed by atoms with Gasteiger partial charge in [0.2, 0.25) is 5.65 Å². The number of amides is 1. The molecule has 3 aromatic heterocycles. The second-order valence-electron chi connectivity index (χ2n) is 5.14. The van der Waals surface area contributed by atoms with Crippen molar-refractivity contribution in [1.82, 2.24) is 30.0 Å². The number of hydrogen-bond donors (Lipinski definition) is 2. The third-order valence-corrected chi connectivity index (χ3v) is 4.05. The lowest BCUT2D eigenvalue weighted by atomic mass is 10.1. The number of H-pyrrole nitrogens is 1. The number of nitrogens with two attached hydrogens (primary N) is 1. The van der Waals surface area contributed by atoms with E-state index in [9.17, 15) is 4.79 Å². The van der Waals surface area contributed by atoms with Crippen molar-refractivity contribution in [2.75, 3.05) is 0 Å². The van der Waals surface area contributed by atoms with Gasteiger partial charge in [-0.1, -0.05) is 35.3 Å². The summed E-state index contributed by atoms with van der Waals surface area (Å²) in [6.45, 7) is 0. The second kappa shape index (κ2) is 6.74. The van der Waals surface area contributed by atoms with Crippen LogP contribution < -0.4 is 5.73 Å². The number of fused-ring (bicyclic) bond motifs is 1. The minimum Gasteiger partial charge on any atom is -0.364 e. The number of aromatic nitrogens is 6. The number of aromatic amines is 1. The molecule has 0 saturated carbocycles. The first kappa shape index (κ1) is 17.1. The van der Waals surface area contributed by atoms with Crippen molar-refractivity contribution < 1.29 is 13.9 Å². The summed E-state index contributed by atoms with van der Waals surface area (Å²) in [6, 6.07) is 4.96. The number of hydrogen-bond acceptors (Lipinski definition) is 7. The average Bonchev–Trinajstić information content (AvgIpc) is 2.68. The van der Waals surface area contributed by atoms with Gasteiger partial charge in [-0.2, -0.15) is 5.16 Å². The lowest BCUT2D eigenvalue weighted by Gasteiger charge is -2.10. The predicted octanol–water partition coefficient (Wildman–Crippen LogP) is 2.92. The molecule has 4 aromatic rings. The lowest BCUT2D eigenvalue weighted by Crippen LogP contribution is -2.15. The number of nitrogens with zero attached hydrogens (tertiary/aromatic N) is 5. The van der Waals surface area contributed by atoms with Crippen LogP contribution in [0.3, 0.4) is 0 Å². The topological polar surface area (TPSA) is 142 Å². The quantitative estimate of drug-likeness (QED) is 0.533. The molecule has 10 nitrogen and oxygen atoms in total. The van der Waals surface area contributed by atoms with E-state index >= 15 is 0 Å². The molecule has 3 N–H and O–H groups in total. The van der Waals surface area contributed by atoms with E-state index < -0.39 is 5.91 Å². The number of rotatable bonds is 3. The van der Waals surface area contributed by atoms with Crippen molar-refractivity contribution in [2.24, 2.45) is 5.73 Å². The minimum absolute atomic E-state index is 0.0130. The zero-order valence-corrected chi connectivity index (χ0v) is 14.8. The largest absolute Gasteiger partial charge is 0.364 e. The molecule has 136 valence electrons. The van der Waals surface area contributed by atoms with E-state index in [0.717, 1.165) is 4.91 Å². The highest BCUT2D eigenvalue weighted by atomic mass is 35.5. The lowest BCUT2D eigenvalue weighted by molar-refractivity contribution is 0.0714. The van der Waals surface area contributed by atoms with Crippen LogP contribution >= 0.6 is 23.2 Å². The molecule has 0 aliphatic carbocycles. The molecule has 12 heteroatoms. The first-order valence-electron chi connectivity index (χ1n) is 7.38. The first-order valence-corrected chi connectivity index (χ1v) is 8.13. The van der Waals surface area contributed by atoms with Crippen molar-refractivity contribution in [2.45, 2.75) is 0 Å². The standard InChI is InChI=1S/C15H9Cl2N7O3/c16-9-6-21-15-14(22-9)23-27-24(26-15)8-3-1-2-7(10(8)17)11-12(13(18)25)20-5-4-19-11/h1-6H,(H2,18,25)(H,22,23). The maximum absolute atomic E-state index is 11.6. The molecule has 0 aliphatic heterocycles. The van der Waals surface area contributed by atoms with Gasteiger partial charge in [-0.05, 0) is 11.0 Å². The maximum Gasteiger partial charge on any atom is 0.296 e. The molecule has 4 rings (SSSR count). The Kier molecular flexibility index (Phi) is 4.26. The van der Waals surface area contributed by atoms with E-state index in [2.05, 4.69) is 25.1 Å². The van der Waals surface area contributed by atoms with Gasteiger partial charge in [0.1, 0.15) is 16.5 Å². The summed E-state index contributed by atoms with van der Waals surface area (Å²) in [5.74, 6) is -0.729. The fourth-order valence-corrected chi connectivity index (χ4v) is 2.75. The van der Waals surface area contributed by atoms with Crippen LogP contribution in [-0.2, 0) is 0 Å². The maximum atomic E-state index is 11.6. The summed E-state index contributed by atoms with van der Waals surface area (Å²) in [7, 11) is 0. The predicted molar refractivity (Wildman–Crippen MR) is 94.9 cm³/mol. The van der Waals surface area contributed by atoms with Gasteiger partial charge in [0.05, 0.1) is 11.2 Å². The van der Waals surface area contributed by atoms with E-state index in [1.165, 1.54) is 18.6 Å². The molecule has 1 amide bonds. The van der Waals surface area contributed by atoms with E-state index in [1.807, 2.05) is 0 Å². The van der Waals surface area contributed by atoms with Gasteiger partial charge in [-0.25, -0.2) is 15.0 Å². The molecular formula is C15H9Cl2N7O3. The highest BCUT2D eigenvalue weighted by molar-refractivity contribution is 6.35. The molecule has 0 saturated heterocycles. The highest BCUT2D eigenvalue weighted by Crippen LogP contribution is 2.33. The Morgan fingerprint density at radius 1 is 1.19 bits per heavy atom. The number of halogens is 2. The first-order chi connectivity index (χ1) is 13.0. The fourth-order valence-electron chi connectivity index (χ4n) is 2.33. The van der Waals surface area contributed by atoms with Gasteiger partial charge in [-0.15, -0.1) is 0 Å². The van der Waals surface area contributed by atoms with Gasteiger partial charge in [0.15, 0.2) is 5.69 Å². The Hall–Kier alpha value is -3.37. The zero-order chi connectivity index (χ0) is 19.0. The number of primary amides is 1. The van der Waals surface area contributed by atoms with Gasteiger partial charge in [0, 0.05) is 18.0 Å². The second-order valence-corrected chi connectivity index (χ2v) is 5.91. The van der Waals surface area contributed by atoms with Crippen LogP contribution in [0.2, 0.25) is 10.2 Å². The van der Waals surface area contributed by atoms with Crippen LogP contribution in [0.1, 0.15) is 10.5 Å². The Bertz CT molecular complexity index is 1210. The SMILES string of the molecule is NC(=O)c1nccnc1-c1cccc(-n2o[nH]c3nc(Cl)cnc3o2)c1Cl. The van der Waals surface area contributed by atoms with E-state index in [1.54, 1.807) is 18.2 Å². The van der Waals surface area contributed by atoms with Crippen LogP contribution in [0.5, 0.6) is 0 Å². The normalized spacial score (nSPS) is 10.9. The van der Waals surface area contributed by atoms with Crippen molar-refractivity contribution in [3.63, 3.8) is 0 Å². The Morgan fingerprint density at radius 3 is 2.81 bits per heavy atom. The molecule has 0 fully saturated rings. The molecule has 0 radical (unpaired) electrons. The number of carbonyl (C=O) groups is 1. The highest BCUT2D eigenvalue weighted by Gasteiger charge is 2.19. The molecule has 0 spiro atoms. The summed E-state index contributed by atoms with van der Waals surface area (Å²) in [4.78, 5) is 28.7. The van der Waals surface area contributed by atoms with Crippen LogP contribution in [0.15, 0.2) is 45.9 Å². The van der Waals surface area contributed by atoms with Crippen LogP contribution in [0.25, 0.3) is 28.3 Å². The van der Waals surface area contributed by atoms with Crippen LogP contribution in [0.4, 0.5) is 0 Å². The van der Waals surface area contributed by atoms with Crippen molar-refractivity contribution >= 4 is 40.5 Å². The van der Waals surface area contributed by atoms with Crippen molar-refractivity contribution in [1.29, 1.82) is 0 Å². The zero-order valence-electron chi connectivity index (χ0n) is 13.3. The molecule has 3 heterocycles. The minimum atomic E-state index is -0.729. The smallest absolute Gasteiger partial charge is 0.296 e. The molecule has 1 aromatic carbocycles. The summed E-state index contributed by atoms with van der Waals surface area (Å²) in [5.41, 5.74) is 6.64. The summed E-state index contributed by atoms with van der Waals surface area (Å²) in [5, 5.41) is 2.91. The Balaban J connectivity index is 1.88. The van der Waals surface area contributed by atoms with E-state index in [4.69, 9.17) is 38.1 Å².